The number of carbonyl (C=O) groups excluding carboxylic acids is 2. The number of aliphatic carboxylic acids is 1. The second kappa shape index (κ2) is 7.48. The lowest BCUT2D eigenvalue weighted by atomic mass is 10.2. The molecular weight excluding hydrogens is 226 g/mol. The van der Waals surface area contributed by atoms with Crippen molar-refractivity contribution >= 4 is 17.9 Å². The fraction of sp³-hybridized carbons (Fsp3) is 0.700. The molecule has 0 bridgehead atoms. The highest BCUT2D eigenvalue weighted by Gasteiger charge is 2.14. The Hall–Kier alpha value is -1.79. The number of hydrogen-bond acceptors (Lipinski definition) is 3. The van der Waals surface area contributed by atoms with E-state index in [2.05, 4.69) is 10.6 Å². The van der Waals surface area contributed by atoms with Gasteiger partial charge in [0, 0.05) is 33.6 Å². The first-order chi connectivity index (χ1) is 7.88. The maximum Gasteiger partial charge on any atom is 0.317 e. The molecule has 1 unspecified atom stereocenters. The van der Waals surface area contributed by atoms with E-state index in [1.165, 1.54) is 18.9 Å². The van der Waals surface area contributed by atoms with Gasteiger partial charge in [0.1, 0.15) is 0 Å². The normalized spacial score (nSPS) is 11.5. The average molecular weight is 245 g/mol. The third-order valence-electron chi connectivity index (χ3n) is 2.28. The second-order valence-electron chi connectivity index (χ2n) is 3.77. The smallest absolute Gasteiger partial charge is 0.317 e. The molecule has 3 amide bonds. The summed E-state index contributed by atoms with van der Waals surface area (Å²) in [7, 11) is 3.07. The molecule has 0 aliphatic rings. The molecule has 0 saturated heterocycles. The summed E-state index contributed by atoms with van der Waals surface area (Å²) in [5.74, 6) is -1.74. The van der Waals surface area contributed by atoms with E-state index in [1.807, 2.05) is 0 Å². The van der Waals surface area contributed by atoms with Crippen molar-refractivity contribution in [2.75, 3.05) is 27.2 Å². The molecule has 3 N–H and O–H groups in total. The van der Waals surface area contributed by atoms with Crippen molar-refractivity contribution in [1.29, 1.82) is 0 Å². The summed E-state index contributed by atoms with van der Waals surface area (Å²) in [5.41, 5.74) is 0. The Morgan fingerprint density at radius 1 is 1.35 bits per heavy atom. The van der Waals surface area contributed by atoms with Crippen molar-refractivity contribution in [2.45, 2.75) is 13.3 Å². The van der Waals surface area contributed by atoms with Crippen LogP contribution in [-0.4, -0.2) is 55.1 Å². The minimum absolute atomic E-state index is 0.0679. The summed E-state index contributed by atoms with van der Waals surface area (Å²) in [5, 5.41) is 13.6. The maximum atomic E-state index is 11.5. The van der Waals surface area contributed by atoms with Crippen LogP contribution < -0.4 is 10.6 Å². The van der Waals surface area contributed by atoms with E-state index in [-0.39, 0.29) is 31.4 Å². The predicted octanol–water partition coefficient (Wildman–Crippen LogP) is -0.515. The number of carbonyl (C=O) groups is 3. The number of nitrogens with one attached hydrogen (secondary N) is 2. The van der Waals surface area contributed by atoms with Gasteiger partial charge in [-0.2, -0.15) is 0 Å². The summed E-state index contributed by atoms with van der Waals surface area (Å²) in [6.45, 7) is 1.86. The number of amides is 3. The number of nitrogens with zero attached hydrogens (tertiary/aromatic N) is 1. The Bertz CT molecular complexity index is 293. The van der Waals surface area contributed by atoms with Gasteiger partial charge in [-0.05, 0) is 0 Å². The van der Waals surface area contributed by atoms with Crippen LogP contribution in [0.1, 0.15) is 13.3 Å². The van der Waals surface area contributed by atoms with Gasteiger partial charge in [-0.1, -0.05) is 6.92 Å². The molecule has 7 nitrogen and oxygen atoms in total. The Morgan fingerprint density at radius 2 is 1.94 bits per heavy atom. The van der Waals surface area contributed by atoms with Crippen LogP contribution in [0.25, 0.3) is 0 Å². The third kappa shape index (κ3) is 6.39. The fourth-order valence-electron chi connectivity index (χ4n) is 0.958. The number of carboxylic acids is 1. The lowest BCUT2D eigenvalue weighted by Crippen LogP contribution is -2.41. The standard InChI is InChI=1S/C10H19N3O4/c1-7(9(15)16)6-12-10(17)13(3)5-4-8(14)11-2/h7H,4-6H2,1-3H3,(H,11,14)(H,12,17)(H,15,16). The third-order valence-corrected chi connectivity index (χ3v) is 2.28. The van der Waals surface area contributed by atoms with Gasteiger partial charge in [0.05, 0.1) is 5.92 Å². The molecule has 0 aromatic carbocycles. The van der Waals surface area contributed by atoms with E-state index in [0.29, 0.717) is 0 Å². The molecular formula is C10H19N3O4. The van der Waals surface area contributed by atoms with E-state index in [4.69, 9.17) is 5.11 Å². The van der Waals surface area contributed by atoms with E-state index >= 15 is 0 Å². The van der Waals surface area contributed by atoms with Crippen LogP contribution >= 0.6 is 0 Å². The van der Waals surface area contributed by atoms with Crippen molar-refractivity contribution in [3.63, 3.8) is 0 Å². The van der Waals surface area contributed by atoms with Crippen molar-refractivity contribution < 1.29 is 19.5 Å². The zero-order valence-corrected chi connectivity index (χ0v) is 10.3. The van der Waals surface area contributed by atoms with Gasteiger partial charge in [0.25, 0.3) is 0 Å². The highest BCUT2D eigenvalue weighted by molar-refractivity contribution is 5.78. The molecule has 1 atom stereocenters. The highest BCUT2D eigenvalue weighted by Crippen LogP contribution is 1.94. The molecule has 0 spiro atoms. The topological polar surface area (TPSA) is 98.7 Å². The van der Waals surface area contributed by atoms with Crippen LogP contribution in [0, 0.1) is 5.92 Å². The molecule has 0 fully saturated rings. The molecule has 0 aromatic heterocycles. The van der Waals surface area contributed by atoms with Crippen LogP contribution in [0.4, 0.5) is 4.79 Å². The zero-order chi connectivity index (χ0) is 13.4. The minimum atomic E-state index is -0.960. The Kier molecular flexibility index (Phi) is 6.69. The van der Waals surface area contributed by atoms with Crippen molar-refractivity contribution in [3.05, 3.63) is 0 Å². The van der Waals surface area contributed by atoms with Gasteiger partial charge in [-0.3, -0.25) is 9.59 Å². The quantitative estimate of drug-likeness (QED) is 0.586. The first kappa shape index (κ1) is 15.2. The maximum absolute atomic E-state index is 11.5. The van der Waals surface area contributed by atoms with Gasteiger partial charge in [0.2, 0.25) is 5.91 Å². The molecule has 0 heterocycles. The monoisotopic (exact) mass is 245 g/mol. The number of hydrogen-bond donors (Lipinski definition) is 3. The number of carboxylic acid groups (broad SMARTS) is 1. The highest BCUT2D eigenvalue weighted by atomic mass is 16.4. The SMILES string of the molecule is CNC(=O)CCN(C)C(=O)NCC(C)C(=O)O. The Morgan fingerprint density at radius 3 is 2.41 bits per heavy atom. The van der Waals surface area contributed by atoms with Crippen molar-refractivity contribution in [2.24, 2.45) is 5.92 Å². The molecule has 0 aliphatic carbocycles. The largest absolute Gasteiger partial charge is 0.481 e. The van der Waals surface area contributed by atoms with Crippen molar-refractivity contribution in [3.8, 4) is 0 Å². The molecule has 0 aliphatic heterocycles. The van der Waals surface area contributed by atoms with Crippen LogP contribution in [0.5, 0.6) is 0 Å². The van der Waals surface area contributed by atoms with E-state index < -0.39 is 11.9 Å². The molecule has 0 saturated carbocycles. The number of urea groups is 1. The molecule has 98 valence electrons. The number of rotatable bonds is 6. The fourth-order valence-corrected chi connectivity index (χ4v) is 0.958. The van der Waals surface area contributed by atoms with E-state index in [0.717, 1.165) is 0 Å². The predicted molar refractivity (Wildman–Crippen MR) is 61.5 cm³/mol. The first-order valence-corrected chi connectivity index (χ1v) is 5.30. The zero-order valence-electron chi connectivity index (χ0n) is 10.3. The summed E-state index contributed by atoms with van der Waals surface area (Å²) >= 11 is 0. The lowest BCUT2D eigenvalue weighted by Gasteiger charge is -2.18. The summed E-state index contributed by atoms with van der Waals surface area (Å²) < 4.78 is 0. The van der Waals surface area contributed by atoms with Gasteiger partial charge in [0.15, 0.2) is 0 Å². The van der Waals surface area contributed by atoms with Crippen LogP contribution in [0.2, 0.25) is 0 Å². The molecule has 17 heavy (non-hydrogen) atoms. The van der Waals surface area contributed by atoms with E-state index in [9.17, 15) is 14.4 Å². The minimum Gasteiger partial charge on any atom is -0.481 e. The molecule has 0 radical (unpaired) electrons. The van der Waals surface area contributed by atoms with Crippen LogP contribution in [0.3, 0.4) is 0 Å². The van der Waals surface area contributed by atoms with Gasteiger partial charge >= 0.3 is 12.0 Å². The Labute approximate surface area is 100 Å². The Balaban J connectivity index is 3.90. The van der Waals surface area contributed by atoms with E-state index in [1.54, 1.807) is 7.05 Å². The first-order valence-electron chi connectivity index (χ1n) is 5.30. The van der Waals surface area contributed by atoms with Gasteiger partial charge in [-0.15, -0.1) is 0 Å². The van der Waals surface area contributed by atoms with Gasteiger partial charge in [-0.25, -0.2) is 4.79 Å². The van der Waals surface area contributed by atoms with Crippen LogP contribution in [0.15, 0.2) is 0 Å². The lowest BCUT2D eigenvalue weighted by molar-refractivity contribution is -0.140. The molecule has 0 rings (SSSR count). The summed E-state index contributed by atoms with van der Waals surface area (Å²) in [4.78, 5) is 34.3. The second-order valence-corrected chi connectivity index (χ2v) is 3.77. The van der Waals surface area contributed by atoms with Crippen molar-refractivity contribution in [1.82, 2.24) is 15.5 Å². The molecule has 0 aromatic rings. The summed E-state index contributed by atoms with van der Waals surface area (Å²) in [6.07, 6.45) is 0.217. The van der Waals surface area contributed by atoms with Crippen LogP contribution in [-0.2, 0) is 9.59 Å². The summed E-state index contributed by atoms with van der Waals surface area (Å²) in [6, 6.07) is -0.387. The average Bonchev–Trinajstić information content (AvgIpc) is 2.31. The molecule has 7 heteroatoms. The van der Waals surface area contributed by atoms with Gasteiger partial charge < -0.3 is 20.6 Å².